The van der Waals surface area contributed by atoms with Crippen LogP contribution in [0.3, 0.4) is 0 Å². The Morgan fingerprint density at radius 3 is 2.33 bits per heavy atom. The molecule has 2 unspecified atom stereocenters. The van der Waals surface area contributed by atoms with Crippen LogP contribution in [0, 0.1) is 11.8 Å². The van der Waals surface area contributed by atoms with Crippen molar-refractivity contribution in [2.75, 3.05) is 0 Å². The highest BCUT2D eigenvalue weighted by Crippen LogP contribution is 2.56. The van der Waals surface area contributed by atoms with Crippen LogP contribution in [0.2, 0.25) is 19.6 Å². The third-order valence-electron chi connectivity index (χ3n) is 3.28. The molecule has 0 saturated heterocycles. The van der Waals surface area contributed by atoms with Crippen LogP contribution in [0.4, 0.5) is 0 Å². The predicted molar refractivity (Wildman–Crippen MR) is 60.1 cm³/mol. The van der Waals surface area contributed by atoms with Gasteiger partial charge in [0.05, 0.1) is 8.07 Å². The van der Waals surface area contributed by atoms with Gasteiger partial charge in [0.1, 0.15) is 0 Å². The van der Waals surface area contributed by atoms with Gasteiger partial charge in [0, 0.05) is 0 Å². The molecule has 0 bridgehead atoms. The van der Waals surface area contributed by atoms with Crippen molar-refractivity contribution in [2.45, 2.75) is 38.9 Å². The van der Waals surface area contributed by atoms with Crippen molar-refractivity contribution in [3.8, 4) is 0 Å². The van der Waals surface area contributed by atoms with E-state index in [0.717, 1.165) is 11.8 Å². The van der Waals surface area contributed by atoms with Gasteiger partial charge in [-0.05, 0) is 29.2 Å². The lowest BCUT2D eigenvalue weighted by Gasteiger charge is -2.41. The highest BCUT2D eigenvalue weighted by molar-refractivity contribution is 9.11. The molecule has 2 rings (SSSR count). The number of halogens is 1. The van der Waals surface area contributed by atoms with E-state index in [2.05, 4.69) is 35.6 Å². The van der Waals surface area contributed by atoms with Gasteiger partial charge in [-0.15, -0.1) is 0 Å². The van der Waals surface area contributed by atoms with Gasteiger partial charge in [0.25, 0.3) is 0 Å². The van der Waals surface area contributed by atoms with E-state index < -0.39 is 8.07 Å². The second kappa shape index (κ2) is 2.71. The lowest BCUT2D eigenvalue weighted by Crippen LogP contribution is -2.39. The Balaban J connectivity index is 2.27. The van der Waals surface area contributed by atoms with E-state index in [1.54, 1.807) is 4.48 Å². The molecule has 0 radical (unpaired) electrons. The van der Waals surface area contributed by atoms with Crippen LogP contribution in [0.1, 0.15) is 19.3 Å². The summed E-state index contributed by atoms with van der Waals surface area (Å²) < 4.78 is 1.60. The molecule has 1 saturated carbocycles. The van der Waals surface area contributed by atoms with E-state index in [-0.39, 0.29) is 0 Å². The van der Waals surface area contributed by atoms with Crippen LogP contribution in [-0.4, -0.2) is 8.07 Å². The van der Waals surface area contributed by atoms with Gasteiger partial charge in [-0.3, -0.25) is 0 Å². The van der Waals surface area contributed by atoms with Crippen LogP contribution in [-0.2, 0) is 0 Å². The molecule has 2 heteroatoms. The summed E-state index contributed by atoms with van der Waals surface area (Å²) in [6.45, 7) is 7.41. The average molecular weight is 245 g/mol. The van der Waals surface area contributed by atoms with E-state index in [9.17, 15) is 0 Å². The van der Waals surface area contributed by atoms with Crippen LogP contribution in [0.15, 0.2) is 9.68 Å². The predicted octanol–water partition coefficient (Wildman–Crippen LogP) is 3.94. The van der Waals surface area contributed by atoms with E-state index in [0.29, 0.717) is 0 Å². The summed E-state index contributed by atoms with van der Waals surface area (Å²) in [5, 5.41) is 1.84. The Labute approximate surface area is 84.6 Å². The summed E-state index contributed by atoms with van der Waals surface area (Å²) in [7, 11) is -0.990. The number of fused-ring (bicyclic) bond motifs is 1. The molecule has 2 aliphatic carbocycles. The molecule has 0 amide bonds. The zero-order chi connectivity index (χ0) is 8.93. The summed E-state index contributed by atoms with van der Waals surface area (Å²) in [6.07, 6.45) is 4.37. The van der Waals surface area contributed by atoms with Crippen molar-refractivity contribution in [2.24, 2.45) is 11.8 Å². The van der Waals surface area contributed by atoms with E-state index >= 15 is 0 Å². The SMILES string of the molecule is C[Si](C)(C)C1=C(Br)C2CCCC12. The zero-order valence-electron chi connectivity index (χ0n) is 8.15. The lowest BCUT2D eigenvalue weighted by atomic mass is 9.85. The third kappa shape index (κ3) is 1.15. The fourth-order valence-electron chi connectivity index (χ4n) is 2.80. The summed E-state index contributed by atoms with van der Waals surface area (Å²) in [6, 6.07) is 0. The summed E-state index contributed by atoms with van der Waals surface area (Å²) in [5.74, 6) is 1.93. The van der Waals surface area contributed by atoms with Crippen LogP contribution in [0.25, 0.3) is 0 Å². The fraction of sp³-hybridized carbons (Fsp3) is 0.800. The molecule has 0 aromatic carbocycles. The highest BCUT2D eigenvalue weighted by Gasteiger charge is 2.46. The van der Waals surface area contributed by atoms with Crippen LogP contribution >= 0.6 is 15.9 Å². The maximum Gasteiger partial charge on any atom is 0.0738 e. The number of rotatable bonds is 1. The zero-order valence-corrected chi connectivity index (χ0v) is 10.7. The molecule has 0 N–H and O–H groups in total. The highest BCUT2D eigenvalue weighted by atomic mass is 79.9. The molecule has 2 atom stereocenters. The van der Waals surface area contributed by atoms with Crippen molar-refractivity contribution in [1.29, 1.82) is 0 Å². The Kier molecular flexibility index (Phi) is 2.04. The topological polar surface area (TPSA) is 0 Å². The Bertz CT molecular complexity index is 237. The molecule has 68 valence electrons. The Morgan fingerprint density at radius 2 is 1.75 bits per heavy atom. The van der Waals surface area contributed by atoms with Gasteiger partial charge in [-0.2, -0.15) is 0 Å². The molecular formula is C10H17BrSi. The Morgan fingerprint density at radius 1 is 1.17 bits per heavy atom. The van der Waals surface area contributed by atoms with E-state index in [1.807, 2.05) is 5.20 Å². The van der Waals surface area contributed by atoms with Crippen molar-refractivity contribution >= 4 is 24.0 Å². The molecule has 1 fully saturated rings. The first-order valence-electron chi connectivity index (χ1n) is 4.92. The van der Waals surface area contributed by atoms with E-state index in [1.165, 1.54) is 19.3 Å². The maximum absolute atomic E-state index is 3.78. The first-order valence-corrected chi connectivity index (χ1v) is 9.21. The first kappa shape index (κ1) is 9.01. The van der Waals surface area contributed by atoms with Gasteiger partial charge in [0.2, 0.25) is 0 Å². The average Bonchev–Trinajstić information content (AvgIpc) is 2.27. The minimum atomic E-state index is -0.990. The summed E-state index contributed by atoms with van der Waals surface area (Å²) in [4.78, 5) is 0. The minimum Gasteiger partial charge on any atom is -0.0672 e. The number of allylic oxidation sites excluding steroid dienone is 2. The lowest BCUT2D eigenvalue weighted by molar-refractivity contribution is 0.475. The maximum atomic E-state index is 3.78. The van der Waals surface area contributed by atoms with Gasteiger partial charge < -0.3 is 0 Å². The molecule has 0 heterocycles. The smallest absolute Gasteiger partial charge is 0.0672 e. The molecular weight excluding hydrogens is 228 g/mol. The molecule has 12 heavy (non-hydrogen) atoms. The minimum absolute atomic E-state index is 0.937. The summed E-state index contributed by atoms with van der Waals surface area (Å²) >= 11 is 3.78. The molecule has 2 aliphatic rings. The van der Waals surface area contributed by atoms with Crippen molar-refractivity contribution in [3.63, 3.8) is 0 Å². The third-order valence-corrected chi connectivity index (χ3v) is 6.91. The second-order valence-electron chi connectivity index (χ2n) is 5.16. The number of hydrogen-bond acceptors (Lipinski definition) is 0. The molecule has 0 aromatic rings. The van der Waals surface area contributed by atoms with Crippen molar-refractivity contribution in [3.05, 3.63) is 9.68 Å². The second-order valence-corrected chi connectivity index (χ2v) is 11.0. The quantitative estimate of drug-likeness (QED) is 0.614. The fourth-order valence-corrected chi connectivity index (χ4v) is 7.79. The largest absolute Gasteiger partial charge is 0.0738 e. The van der Waals surface area contributed by atoms with E-state index in [4.69, 9.17) is 0 Å². The molecule has 0 spiro atoms. The molecule has 0 nitrogen and oxygen atoms in total. The first-order chi connectivity index (χ1) is 5.52. The summed E-state index contributed by atoms with van der Waals surface area (Å²) in [5.41, 5.74) is 0. The number of hydrogen-bond donors (Lipinski definition) is 0. The van der Waals surface area contributed by atoms with Gasteiger partial charge >= 0.3 is 0 Å². The van der Waals surface area contributed by atoms with Gasteiger partial charge in [0.15, 0.2) is 0 Å². The Hall–Kier alpha value is 0.437. The van der Waals surface area contributed by atoms with Crippen molar-refractivity contribution in [1.82, 2.24) is 0 Å². The monoisotopic (exact) mass is 244 g/mol. The van der Waals surface area contributed by atoms with Gasteiger partial charge in [-0.25, -0.2) is 0 Å². The van der Waals surface area contributed by atoms with Gasteiger partial charge in [-0.1, -0.05) is 47.2 Å². The normalized spacial score (nSPS) is 35.0. The van der Waals surface area contributed by atoms with Crippen LogP contribution in [0.5, 0.6) is 0 Å². The van der Waals surface area contributed by atoms with Crippen LogP contribution < -0.4 is 0 Å². The van der Waals surface area contributed by atoms with Crippen molar-refractivity contribution < 1.29 is 0 Å². The standard InChI is InChI=1S/C10H17BrSi/c1-12(2,3)10-8-6-4-5-7(8)9(10)11/h7-8H,4-6H2,1-3H3. The molecule has 0 aromatic heterocycles. The molecule has 0 aliphatic heterocycles.